The van der Waals surface area contributed by atoms with Crippen LogP contribution in [0.5, 0.6) is 0 Å². The number of hydrogen-bond acceptors (Lipinski definition) is 3. The summed E-state index contributed by atoms with van der Waals surface area (Å²) in [5.41, 5.74) is 0.415. The molecule has 0 amide bonds. The summed E-state index contributed by atoms with van der Waals surface area (Å²) in [5, 5.41) is 0. The molecule has 3 heteroatoms. The van der Waals surface area contributed by atoms with Crippen molar-refractivity contribution in [3.8, 4) is 0 Å². The molecule has 0 bridgehead atoms. The maximum Gasteiger partial charge on any atom is 0.303 e. The lowest BCUT2D eigenvalue weighted by Gasteiger charge is -2.16. The van der Waals surface area contributed by atoms with E-state index in [1.165, 1.54) is 13.8 Å². The van der Waals surface area contributed by atoms with Gasteiger partial charge in [-0.1, -0.05) is 6.58 Å². The molecule has 0 aliphatic heterocycles. The highest BCUT2D eigenvalue weighted by Crippen LogP contribution is 2.37. The topological polar surface area (TPSA) is 43.4 Å². The Morgan fingerprint density at radius 2 is 1.92 bits per heavy atom. The zero-order chi connectivity index (χ0) is 10.0. The van der Waals surface area contributed by atoms with Gasteiger partial charge < -0.3 is 4.74 Å². The van der Waals surface area contributed by atoms with Gasteiger partial charge in [0.25, 0.3) is 0 Å². The molecule has 1 fully saturated rings. The maximum absolute atomic E-state index is 11.0. The summed E-state index contributed by atoms with van der Waals surface area (Å²) < 4.78 is 5.04. The Kier molecular flexibility index (Phi) is 2.86. The van der Waals surface area contributed by atoms with Crippen molar-refractivity contribution >= 4 is 11.8 Å². The maximum atomic E-state index is 11.0. The second-order valence-electron chi connectivity index (χ2n) is 3.45. The summed E-state index contributed by atoms with van der Waals surface area (Å²) in [6.45, 7) is 6.44. The molecule has 0 aromatic heterocycles. The van der Waals surface area contributed by atoms with E-state index in [1.807, 2.05) is 0 Å². The van der Waals surface area contributed by atoms with Gasteiger partial charge in [-0.15, -0.1) is 0 Å². The molecule has 1 atom stereocenters. The van der Waals surface area contributed by atoms with Crippen molar-refractivity contribution in [2.75, 3.05) is 0 Å². The second kappa shape index (κ2) is 3.73. The van der Waals surface area contributed by atoms with Crippen molar-refractivity contribution in [1.29, 1.82) is 0 Å². The van der Waals surface area contributed by atoms with E-state index in [-0.39, 0.29) is 17.9 Å². The standard InChI is InChI=1S/C10H14O3/c1-6(7(2)11)10(9-4-5-9)13-8(3)12/h9-10H,1,4-5H2,2-3H3. The first-order valence-electron chi connectivity index (χ1n) is 4.39. The lowest BCUT2D eigenvalue weighted by atomic mass is 10.0. The molecular formula is C10H14O3. The molecule has 0 N–H and O–H groups in total. The molecule has 1 saturated carbocycles. The van der Waals surface area contributed by atoms with Gasteiger partial charge in [-0.05, 0) is 19.8 Å². The zero-order valence-corrected chi connectivity index (χ0v) is 8.00. The van der Waals surface area contributed by atoms with Gasteiger partial charge >= 0.3 is 5.97 Å². The van der Waals surface area contributed by atoms with Gasteiger partial charge in [-0.3, -0.25) is 9.59 Å². The van der Waals surface area contributed by atoms with E-state index in [1.54, 1.807) is 0 Å². The van der Waals surface area contributed by atoms with Gasteiger partial charge in [0.2, 0.25) is 0 Å². The molecular weight excluding hydrogens is 168 g/mol. The number of rotatable bonds is 4. The lowest BCUT2D eigenvalue weighted by molar-refractivity contribution is -0.145. The summed E-state index contributed by atoms with van der Waals surface area (Å²) in [6.07, 6.45) is 1.66. The zero-order valence-electron chi connectivity index (χ0n) is 8.00. The minimum Gasteiger partial charge on any atom is -0.457 e. The normalized spacial score (nSPS) is 17.7. The van der Waals surface area contributed by atoms with Crippen LogP contribution in [-0.4, -0.2) is 17.9 Å². The Balaban J connectivity index is 2.61. The van der Waals surface area contributed by atoms with E-state index in [2.05, 4.69) is 6.58 Å². The number of carbonyl (C=O) groups is 2. The third-order valence-corrected chi connectivity index (χ3v) is 2.14. The average Bonchev–Trinajstić information content (AvgIpc) is 2.80. The van der Waals surface area contributed by atoms with Crippen LogP contribution in [0.25, 0.3) is 0 Å². The van der Waals surface area contributed by atoms with Crippen LogP contribution in [-0.2, 0) is 14.3 Å². The van der Waals surface area contributed by atoms with E-state index >= 15 is 0 Å². The Hall–Kier alpha value is -1.12. The molecule has 0 spiro atoms. The van der Waals surface area contributed by atoms with E-state index in [4.69, 9.17) is 4.74 Å². The molecule has 0 heterocycles. The molecule has 3 nitrogen and oxygen atoms in total. The average molecular weight is 182 g/mol. The van der Waals surface area contributed by atoms with E-state index in [9.17, 15) is 9.59 Å². The predicted octanol–water partition coefficient (Wildman–Crippen LogP) is 1.47. The number of hydrogen-bond donors (Lipinski definition) is 0. The van der Waals surface area contributed by atoms with Crippen molar-refractivity contribution < 1.29 is 14.3 Å². The molecule has 1 unspecified atom stereocenters. The van der Waals surface area contributed by atoms with Crippen molar-refractivity contribution in [1.82, 2.24) is 0 Å². The number of esters is 1. The predicted molar refractivity (Wildman–Crippen MR) is 48.1 cm³/mol. The van der Waals surface area contributed by atoms with E-state index in [0.717, 1.165) is 12.8 Å². The van der Waals surface area contributed by atoms with E-state index in [0.29, 0.717) is 11.5 Å². The van der Waals surface area contributed by atoms with Gasteiger partial charge in [0.05, 0.1) is 0 Å². The summed E-state index contributed by atoms with van der Waals surface area (Å²) in [7, 11) is 0. The van der Waals surface area contributed by atoms with Gasteiger partial charge in [0, 0.05) is 18.4 Å². The van der Waals surface area contributed by atoms with Crippen molar-refractivity contribution in [2.24, 2.45) is 5.92 Å². The second-order valence-corrected chi connectivity index (χ2v) is 3.45. The molecule has 0 saturated heterocycles. The third-order valence-electron chi connectivity index (χ3n) is 2.14. The van der Waals surface area contributed by atoms with Gasteiger partial charge in [0.1, 0.15) is 6.10 Å². The molecule has 0 aromatic rings. The monoisotopic (exact) mass is 182 g/mol. The minimum atomic E-state index is -0.380. The highest BCUT2D eigenvalue weighted by molar-refractivity contribution is 5.94. The van der Waals surface area contributed by atoms with Crippen molar-refractivity contribution in [3.63, 3.8) is 0 Å². The highest BCUT2D eigenvalue weighted by atomic mass is 16.5. The van der Waals surface area contributed by atoms with Crippen LogP contribution < -0.4 is 0 Å². The van der Waals surface area contributed by atoms with Gasteiger partial charge in [-0.2, -0.15) is 0 Å². The fourth-order valence-corrected chi connectivity index (χ4v) is 1.23. The smallest absolute Gasteiger partial charge is 0.303 e. The minimum absolute atomic E-state index is 0.0989. The largest absolute Gasteiger partial charge is 0.457 e. The molecule has 1 aliphatic carbocycles. The number of carbonyl (C=O) groups excluding carboxylic acids is 2. The highest BCUT2D eigenvalue weighted by Gasteiger charge is 2.36. The van der Waals surface area contributed by atoms with E-state index < -0.39 is 0 Å². The summed E-state index contributed by atoms with van der Waals surface area (Å²) in [5.74, 6) is -0.127. The van der Waals surface area contributed by atoms with Gasteiger partial charge in [0.15, 0.2) is 5.78 Å². The first-order chi connectivity index (χ1) is 6.02. The summed E-state index contributed by atoms with van der Waals surface area (Å²) in [6, 6.07) is 0. The Morgan fingerprint density at radius 1 is 1.38 bits per heavy atom. The first-order valence-corrected chi connectivity index (χ1v) is 4.39. The summed E-state index contributed by atoms with van der Waals surface area (Å²) in [4.78, 5) is 21.7. The van der Waals surface area contributed by atoms with Crippen LogP contribution in [0, 0.1) is 5.92 Å². The SMILES string of the molecule is C=C(C(C)=O)C(OC(C)=O)C1CC1. The Bertz CT molecular complexity index is 251. The number of Topliss-reactive ketones (excluding diaryl/α,β-unsaturated/α-hetero) is 1. The Labute approximate surface area is 77.8 Å². The van der Waals surface area contributed by atoms with Crippen LogP contribution in [0.1, 0.15) is 26.7 Å². The third kappa shape index (κ3) is 2.68. The van der Waals surface area contributed by atoms with Crippen molar-refractivity contribution in [2.45, 2.75) is 32.8 Å². The van der Waals surface area contributed by atoms with Crippen LogP contribution in [0.15, 0.2) is 12.2 Å². The van der Waals surface area contributed by atoms with Crippen LogP contribution in [0.3, 0.4) is 0 Å². The fourth-order valence-electron chi connectivity index (χ4n) is 1.23. The summed E-state index contributed by atoms with van der Waals surface area (Å²) >= 11 is 0. The Morgan fingerprint density at radius 3 is 2.23 bits per heavy atom. The van der Waals surface area contributed by atoms with Crippen LogP contribution in [0.4, 0.5) is 0 Å². The molecule has 13 heavy (non-hydrogen) atoms. The lowest BCUT2D eigenvalue weighted by Crippen LogP contribution is -2.24. The van der Waals surface area contributed by atoms with Crippen LogP contribution >= 0.6 is 0 Å². The van der Waals surface area contributed by atoms with Crippen LogP contribution in [0.2, 0.25) is 0 Å². The molecule has 72 valence electrons. The number of ether oxygens (including phenoxy) is 1. The first kappa shape index (κ1) is 9.96. The molecule has 0 radical (unpaired) electrons. The van der Waals surface area contributed by atoms with Gasteiger partial charge in [-0.25, -0.2) is 0 Å². The van der Waals surface area contributed by atoms with Crippen molar-refractivity contribution in [3.05, 3.63) is 12.2 Å². The molecule has 1 rings (SSSR count). The number of ketones is 1. The molecule has 1 aliphatic rings. The fraction of sp³-hybridized carbons (Fsp3) is 0.600. The quantitative estimate of drug-likeness (QED) is 0.488. The molecule has 0 aromatic carbocycles.